The lowest BCUT2D eigenvalue weighted by Gasteiger charge is -2.08. The second-order valence-electron chi connectivity index (χ2n) is 4.84. The van der Waals surface area contributed by atoms with Crippen LogP contribution in [0.1, 0.15) is 24.6 Å². The van der Waals surface area contributed by atoms with E-state index in [4.69, 9.17) is 5.14 Å². The molecule has 0 atom stereocenters. The number of nitrogens with zero attached hydrogens (tertiary/aromatic N) is 2. The SMILES string of the molecule is CCCn1nccc1CNCc1ccc(S(N)(=O)=O)cc1. The molecule has 0 saturated heterocycles. The maximum absolute atomic E-state index is 11.2. The van der Waals surface area contributed by atoms with Gasteiger partial charge in [-0.25, -0.2) is 13.6 Å². The van der Waals surface area contributed by atoms with Gasteiger partial charge in [0.1, 0.15) is 0 Å². The van der Waals surface area contributed by atoms with Gasteiger partial charge in [-0.3, -0.25) is 4.68 Å². The smallest absolute Gasteiger partial charge is 0.238 e. The molecule has 0 aliphatic rings. The molecule has 1 aromatic heterocycles. The minimum absolute atomic E-state index is 0.132. The predicted molar refractivity (Wildman–Crippen MR) is 80.9 cm³/mol. The van der Waals surface area contributed by atoms with E-state index in [0.717, 1.165) is 30.8 Å². The lowest BCUT2D eigenvalue weighted by molar-refractivity contribution is 0.549. The van der Waals surface area contributed by atoms with E-state index in [1.54, 1.807) is 18.3 Å². The first-order valence-corrected chi connectivity index (χ1v) is 8.38. The van der Waals surface area contributed by atoms with Crippen molar-refractivity contribution in [2.45, 2.75) is 37.9 Å². The molecule has 0 saturated carbocycles. The van der Waals surface area contributed by atoms with Crippen LogP contribution in [0.3, 0.4) is 0 Å². The number of hydrogen-bond donors (Lipinski definition) is 2. The van der Waals surface area contributed by atoms with Crippen LogP contribution in [0.4, 0.5) is 0 Å². The van der Waals surface area contributed by atoms with Crippen LogP contribution >= 0.6 is 0 Å². The van der Waals surface area contributed by atoms with Crippen LogP contribution in [0.2, 0.25) is 0 Å². The van der Waals surface area contributed by atoms with Crippen molar-refractivity contribution in [3.05, 3.63) is 47.8 Å². The lowest BCUT2D eigenvalue weighted by Crippen LogP contribution is -2.17. The molecule has 0 fully saturated rings. The third-order valence-electron chi connectivity index (χ3n) is 3.13. The van der Waals surface area contributed by atoms with Crippen LogP contribution in [0.5, 0.6) is 0 Å². The summed E-state index contributed by atoms with van der Waals surface area (Å²) in [7, 11) is -3.62. The highest BCUT2D eigenvalue weighted by Gasteiger charge is 2.06. The number of primary sulfonamides is 1. The molecule has 0 aliphatic carbocycles. The standard InChI is InChI=1S/C14H20N4O2S/c1-2-9-18-13(7-8-17-18)11-16-10-12-3-5-14(6-4-12)21(15,19)20/h3-8,16H,2,9-11H2,1H3,(H2,15,19,20). The quantitative estimate of drug-likeness (QED) is 0.805. The molecule has 114 valence electrons. The van der Waals surface area contributed by atoms with Gasteiger partial charge in [-0.1, -0.05) is 19.1 Å². The van der Waals surface area contributed by atoms with Crippen molar-refractivity contribution in [1.29, 1.82) is 0 Å². The fourth-order valence-electron chi connectivity index (χ4n) is 2.06. The molecule has 0 bridgehead atoms. The zero-order chi connectivity index (χ0) is 15.3. The fourth-order valence-corrected chi connectivity index (χ4v) is 2.57. The van der Waals surface area contributed by atoms with Gasteiger partial charge in [0.2, 0.25) is 10.0 Å². The average molecular weight is 308 g/mol. The Hall–Kier alpha value is -1.70. The normalized spacial score (nSPS) is 11.7. The molecule has 3 N–H and O–H groups in total. The first-order chi connectivity index (χ1) is 10.0. The molecule has 0 amide bonds. The third-order valence-corrected chi connectivity index (χ3v) is 4.06. The second-order valence-corrected chi connectivity index (χ2v) is 6.40. The van der Waals surface area contributed by atoms with Crippen LogP contribution in [-0.2, 0) is 29.7 Å². The van der Waals surface area contributed by atoms with Crippen molar-refractivity contribution < 1.29 is 8.42 Å². The predicted octanol–water partition coefficient (Wildman–Crippen LogP) is 1.23. The van der Waals surface area contributed by atoms with Crippen LogP contribution in [0, 0.1) is 0 Å². The van der Waals surface area contributed by atoms with E-state index in [2.05, 4.69) is 17.3 Å². The van der Waals surface area contributed by atoms with E-state index in [9.17, 15) is 8.42 Å². The van der Waals surface area contributed by atoms with E-state index >= 15 is 0 Å². The van der Waals surface area contributed by atoms with E-state index in [1.807, 2.05) is 10.7 Å². The molecular weight excluding hydrogens is 288 g/mol. The Kier molecular flexibility index (Phi) is 5.11. The molecule has 6 nitrogen and oxygen atoms in total. The van der Waals surface area contributed by atoms with E-state index in [1.165, 1.54) is 12.1 Å². The Labute approximate surface area is 125 Å². The molecule has 0 unspecified atom stereocenters. The molecule has 2 rings (SSSR count). The maximum atomic E-state index is 11.2. The first-order valence-electron chi connectivity index (χ1n) is 6.84. The van der Waals surface area contributed by atoms with Gasteiger partial charge in [-0.2, -0.15) is 5.10 Å². The van der Waals surface area contributed by atoms with Gasteiger partial charge in [0, 0.05) is 25.8 Å². The van der Waals surface area contributed by atoms with Crippen molar-refractivity contribution in [2.24, 2.45) is 5.14 Å². The van der Waals surface area contributed by atoms with Crippen molar-refractivity contribution in [3.8, 4) is 0 Å². The molecule has 1 aromatic carbocycles. The highest BCUT2D eigenvalue weighted by Crippen LogP contribution is 2.09. The van der Waals surface area contributed by atoms with Gasteiger partial charge in [0.25, 0.3) is 0 Å². The van der Waals surface area contributed by atoms with Crippen LogP contribution < -0.4 is 10.5 Å². The maximum Gasteiger partial charge on any atom is 0.238 e. The van der Waals surface area contributed by atoms with Crippen molar-refractivity contribution in [1.82, 2.24) is 15.1 Å². The molecule has 2 aromatic rings. The number of rotatable bonds is 7. The monoisotopic (exact) mass is 308 g/mol. The summed E-state index contributed by atoms with van der Waals surface area (Å²) in [6.07, 6.45) is 2.84. The molecule has 0 aliphatic heterocycles. The Morgan fingerprint density at radius 3 is 2.52 bits per heavy atom. The number of benzene rings is 1. The van der Waals surface area contributed by atoms with Crippen molar-refractivity contribution in [3.63, 3.8) is 0 Å². The number of aromatic nitrogens is 2. The van der Waals surface area contributed by atoms with E-state index in [-0.39, 0.29) is 4.90 Å². The van der Waals surface area contributed by atoms with Crippen LogP contribution in [0.15, 0.2) is 41.4 Å². The van der Waals surface area contributed by atoms with Crippen molar-refractivity contribution >= 4 is 10.0 Å². The summed E-state index contributed by atoms with van der Waals surface area (Å²) in [5.41, 5.74) is 2.14. The number of hydrogen-bond acceptors (Lipinski definition) is 4. The van der Waals surface area contributed by atoms with Gasteiger partial charge >= 0.3 is 0 Å². The Balaban J connectivity index is 1.90. The van der Waals surface area contributed by atoms with Gasteiger partial charge < -0.3 is 5.32 Å². The third kappa shape index (κ3) is 4.38. The van der Waals surface area contributed by atoms with Crippen LogP contribution in [-0.4, -0.2) is 18.2 Å². The first kappa shape index (κ1) is 15.7. The number of nitrogens with two attached hydrogens (primary N) is 1. The summed E-state index contributed by atoms with van der Waals surface area (Å²) >= 11 is 0. The molecule has 21 heavy (non-hydrogen) atoms. The van der Waals surface area contributed by atoms with Gasteiger partial charge in [0.05, 0.1) is 10.6 Å². The lowest BCUT2D eigenvalue weighted by atomic mass is 10.2. The van der Waals surface area contributed by atoms with Gasteiger partial charge in [-0.15, -0.1) is 0 Å². The number of sulfonamides is 1. The van der Waals surface area contributed by atoms with Crippen molar-refractivity contribution in [2.75, 3.05) is 0 Å². The zero-order valence-electron chi connectivity index (χ0n) is 12.0. The van der Waals surface area contributed by atoms with Crippen LogP contribution in [0.25, 0.3) is 0 Å². The topological polar surface area (TPSA) is 90.0 Å². The number of aryl methyl sites for hydroxylation is 1. The van der Waals surface area contributed by atoms with E-state index < -0.39 is 10.0 Å². The molecule has 7 heteroatoms. The summed E-state index contributed by atoms with van der Waals surface area (Å²) in [5, 5.41) is 12.6. The largest absolute Gasteiger partial charge is 0.307 e. The summed E-state index contributed by atoms with van der Waals surface area (Å²) in [5.74, 6) is 0. The molecule has 0 spiro atoms. The Bertz CT molecular complexity index is 677. The minimum atomic E-state index is -3.62. The minimum Gasteiger partial charge on any atom is -0.307 e. The van der Waals surface area contributed by atoms with Gasteiger partial charge in [-0.05, 0) is 30.2 Å². The Morgan fingerprint density at radius 1 is 1.19 bits per heavy atom. The summed E-state index contributed by atoms with van der Waals surface area (Å²) < 4.78 is 24.3. The van der Waals surface area contributed by atoms with E-state index in [0.29, 0.717) is 6.54 Å². The number of nitrogens with one attached hydrogen (secondary N) is 1. The average Bonchev–Trinajstić information content (AvgIpc) is 2.86. The highest BCUT2D eigenvalue weighted by atomic mass is 32.2. The molecule has 1 heterocycles. The zero-order valence-corrected chi connectivity index (χ0v) is 12.8. The summed E-state index contributed by atoms with van der Waals surface area (Å²) in [6, 6.07) is 8.56. The fraction of sp³-hybridized carbons (Fsp3) is 0.357. The van der Waals surface area contributed by atoms with Gasteiger partial charge in [0.15, 0.2) is 0 Å². The molecular formula is C14H20N4O2S. The summed E-state index contributed by atoms with van der Waals surface area (Å²) in [4.78, 5) is 0.132. The second kappa shape index (κ2) is 6.84. The summed E-state index contributed by atoms with van der Waals surface area (Å²) in [6.45, 7) is 4.40. The highest BCUT2D eigenvalue weighted by molar-refractivity contribution is 7.89. The molecule has 0 radical (unpaired) electrons. The Morgan fingerprint density at radius 2 is 1.90 bits per heavy atom.